The lowest BCUT2D eigenvalue weighted by Crippen LogP contribution is -1.86. The molecule has 0 fully saturated rings. The fraction of sp³-hybridized carbons (Fsp3) is 0.0909. The number of allylic oxidation sites excluding steroid dienone is 1. The highest BCUT2D eigenvalue weighted by Gasteiger charge is 2.08. The Balaban J connectivity index is 2.58. The van der Waals surface area contributed by atoms with Gasteiger partial charge in [0.15, 0.2) is 0 Å². The summed E-state index contributed by atoms with van der Waals surface area (Å²) < 4.78 is 0. The zero-order valence-electron chi connectivity index (χ0n) is 8.60. The molecule has 0 saturated heterocycles. The average molecular weight is 218 g/mol. The van der Waals surface area contributed by atoms with Crippen LogP contribution in [0.3, 0.4) is 0 Å². The largest absolute Gasteiger partial charge is 0.515 e. The molecule has 0 spiro atoms. The second-order valence-electron chi connectivity index (χ2n) is 3.52. The first kappa shape index (κ1) is 10.2. The summed E-state index contributed by atoms with van der Waals surface area (Å²) in [6.07, 6.45) is 0.999. The Labute approximate surface area is 91.2 Å². The third-order valence-corrected chi connectivity index (χ3v) is 2.43. The zero-order chi connectivity index (χ0) is 11.7. The van der Waals surface area contributed by atoms with E-state index >= 15 is 0 Å². The van der Waals surface area contributed by atoms with Crippen LogP contribution in [0.1, 0.15) is 12.6 Å². The van der Waals surface area contributed by atoms with Crippen LogP contribution in [0.15, 0.2) is 30.5 Å². The number of aliphatic hydroxyl groups excluding tert-OH is 1. The molecule has 1 aromatic heterocycles. The van der Waals surface area contributed by atoms with Crippen LogP contribution in [-0.2, 0) is 0 Å². The van der Waals surface area contributed by atoms with E-state index in [0.29, 0.717) is 5.57 Å². The number of nitrogens with one attached hydrogen (secondary N) is 1. The SMILES string of the molecule is C/C(=C\O)c1cc2cc([N+](=O)[O-])ccc2[nH]1. The minimum Gasteiger partial charge on any atom is -0.515 e. The molecule has 0 aliphatic heterocycles. The van der Waals surface area contributed by atoms with Crippen molar-refractivity contribution in [1.29, 1.82) is 0 Å². The van der Waals surface area contributed by atoms with Crippen LogP contribution in [0.25, 0.3) is 16.5 Å². The molecule has 0 unspecified atom stereocenters. The van der Waals surface area contributed by atoms with Gasteiger partial charge in [0, 0.05) is 34.3 Å². The second kappa shape index (κ2) is 3.69. The maximum absolute atomic E-state index is 10.6. The number of nitro groups is 1. The van der Waals surface area contributed by atoms with E-state index in [1.807, 2.05) is 0 Å². The quantitative estimate of drug-likeness (QED) is 0.462. The minimum absolute atomic E-state index is 0.0590. The first-order chi connectivity index (χ1) is 7.61. The second-order valence-corrected chi connectivity index (χ2v) is 3.52. The van der Waals surface area contributed by atoms with Crippen molar-refractivity contribution in [3.05, 3.63) is 46.3 Å². The van der Waals surface area contributed by atoms with Gasteiger partial charge in [-0.1, -0.05) is 0 Å². The molecule has 2 rings (SSSR count). The maximum Gasteiger partial charge on any atom is 0.270 e. The highest BCUT2D eigenvalue weighted by molar-refractivity contribution is 5.86. The standard InChI is InChI=1S/C11H10N2O3/c1-7(6-14)11-5-8-4-9(13(15)16)2-3-10(8)12-11/h2-6,12,14H,1H3/b7-6+. The van der Waals surface area contributed by atoms with Crippen LogP contribution in [0.4, 0.5) is 5.69 Å². The number of aromatic nitrogens is 1. The molecule has 16 heavy (non-hydrogen) atoms. The Morgan fingerprint density at radius 2 is 2.25 bits per heavy atom. The molecule has 0 bridgehead atoms. The van der Waals surface area contributed by atoms with Crippen LogP contribution in [0.5, 0.6) is 0 Å². The Morgan fingerprint density at radius 1 is 1.50 bits per heavy atom. The molecule has 2 aromatic rings. The number of H-pyrrole nitrogens is 1. The molecule has 0 saturated carbocycles. The van der Waals surface area contributed by atoms with E-state index in [2.05, 4.69) is 4.98 Å². The van der Waals surface area contributed by atoms with Crippen LogP contribution >= 0.6 is 0 Å². The van der Waals surface area contributed by atoms with Crippen molar-refractivity contribution in [2.75, 3.05) is 0 Å². The van der Waals surface area contributed by atoms with Crippen molar-refractivity contribution in [2.24, 2.45) is 0 Å². The number of fused-ring (bicyclic) bond motifs is 1. The fourth-order valence-corrected chi connectivity index (χ4v) is 1.52. The summed E-state index contributed by atoms with van der Waals surface area (Å²) in [5.41, 5.74) is 2.29. The van der Waals surface area contributed by atoms with Gasteiger partial charge in [-0.3, -0.25) is 10.1 Å². The van der Waals surface area contributed by atoms with Gasteiger partial charge in [0.25, 0.3) is 5.69 Å². The number of benzene rings is 1. The molecule has 0 aliphatic carbocycles. The van der Waals surface area contributed by atoms with Gasteiger partial charge in [-0.05, 0) is 19.1 Å². The summed E-state index contributed by atoms with van der Waals surface area (Å²) >= 11 is 0. The molecule has 0 aliphatic rings. The molecular formula is C11H10N2O3. The van der Waals surface area contributed by atoms with Crippen molar-refractivity contribution >= 4 is 22.2 Å². The minimum atomic E-state index is -0.430. The van der Waals surface area contributed by atoms with Crippen molar-refractivity contribution in [3.8, 4) is 0 Å². The van der Waals surface area contributed by atoms with Gasteiger partial charge < -0.3 is 10.1 Å². The van der Waals surface area contributed by atoms with Crippen molar-refractivity contribution in [1.82, 2.24) is 4.98 Å². The number of aromatic amines is 1. The first-order valence-electron chi connectivity index (χ1n) is 4.70. The lowest BCUT2D eigenvalue weighted by atomic mass is 10.2. The number of hydrogen-bond acceptors (Lipinski definition) is 3. The summed E-state index contributed by atoms with van der Waals surface area (Å²) in [7, 11) is 0. The Kier molecular flexibility index (Phi) is 2.36. The number of aliphatic hydroxyl groups is 1. The van der Waals surface area contributed by atoms with E-state index < -0.39 is 4.92 Å². The molecule has 1 aromatic carbocycles. The van der Waals surface area contributed by atoms with Gasteiger partial charge in [0.2, 0.25) is 0 Å². The number of nitro benzene ring substituents is 1. The van der Waals surface area contributed by atoms with E-state index in [0.717, 1.165) is 22.9 Å². The van der Waals surface area contributed by atoms with Crippen LogP contribution < -0.4 is 0 Å². The van der Waals surface area contributed by atoms with Crippen LogP contribution in [0.2, 0.25) is 0 Å². The van der Waals surface area contributed by atoms with E-state index in [1.54, 1.807) is 19.1 Å². The normalized spacial score (nSPS) is 11.9. The Bertz CT molecular complexity index is 584. The molecule has 5 heteroatoms. The summed E-state index contributed by atoms with van der Waals surface area (Å²) in [6, 6.07) is 6.37. The fourth-order valence-electron chi connectivity index (χ4n) is 1.52. The van der Waals surface area contributed by atoms with E-state index in [9.17, 15) is 10.1 Å². The highest BCUT2D eigenvalue weighted by Crippen LogP contribution is 2.24. The summed E-state index contributed by atoms with van der Waals surface area (Å²) in [5, 5.41) is 20.2. The molecule has 0 amide bonds. The third-order valence-electron chi connectivity index (χ3n) is 2.43. The third kappa shape index (κ3) is 1.63. The topological polar surface area (TPSA) is 79.2 Å². The lowest BCUT2D eigenvalue weighted by molar-refractivity contribution is -0.384. The number of rotatable bonds is 2. The number of hydrogen-bond donors (Lipinski definition) is 2. The Hall–Kier alpha value is -2.30. The number of nitrogens with zero attached hydrogens (tertiary/aromatic N) is 1. The van der Waals surface area contributed by atoms with Crippen molar-refractivity contribution in [2.45, 2.75) is 6.92 Å². The molecular weight excluding hydrogens is 208 g/mol. The summed E-state index contributed by atoms with van der Waals surface area (Å²) in [4.78, 5) is 13.2. The van der Waals surface area contributed by atoms with E-state index in [4.69, 9.17) is 5.11 Å². The smallest absolute Gasteiger partial charge is 0.270 e. The number of non-ortho nitro benzene ring substituents is 1. The summed E-state index contributed by atoms with van der Waals surface area (Å²) in [5.74, 6) is 0. The van der Waals surface area contributed by atoms with Crippen LogP contribution in [0, 0.1) is 10.1 Å². The van der Waals surface area contributed by atoms with E-state index in [-0.39, 0.29) is 5.69 Å². The van der Waals surface area contributed by atoms with Crippen molar-refractivity contribution in [3.63, 3.8) is 0 Å². The van der Waals surface area contributed by atoms with Crippen molar-refractivity contribution < 1.29 is 10.0 Å². The molecule has 1 heterocycles. The van der Waals surface area contributed by atoms with E-state index in [1.165, 1.54) is 12.1 Å². The molecule has 0 atom stereocenters. The van der Waals surface area contributed by atoms with Gasteiger partial charge in [0.1, 0.15) is 0 Å². The lowest BCUT2D eigenvalue weighted by Gasteiger charge is -1.92. The van der Waals surface area contributed by atoms with Gasteiger partial charge >= 0.3 is 0 Å². The maximum atomic E-state index is 10.6. The van der Waals surface area contributed by atoms with Gasteiger partial charge in [-0.25, -0.2) is 0 Å². The molecule has 5 nitrogen and oxygen atoms in total. The predicted molar refractivity (Wildman–Crippen MR) is 61.2 cm³/mol. The molecule has 0 radical (unpaired) electrons. The highest BCUT2D eigenvalue weighted by atomic mass is 16.6. The average Bonchev–Trinajstić information content (AvgIpc) is 2.70. The Morgan fingerprint density at radius 3 is 2.88 bits per heavy atom. The monoisotopic (exact) mass is 218 g/mol. The molecule has 2 N–H and O–H groups in total. The van der Waals surface area contributed by atoms with Gasteiger partial charge in [-0.2, -0.15) is 0 Å². The molecule has 82 valence electrons. The summed E-state index contributed by atoms with van der Waals surface area (Å²) in [6.45, 7) is 1.75. The first-order valence-corrected chi connectivity index (χ1v) is 4.70. The van der Waals surface area contributed by atoms with Gasteiger partial charge in [0.05, 0.1) is 11.2 Å². The zero-order valence-corrected chi connectivity index (χ0v) is 8.60. The predicted octanol–water partition coefficient (Wildman–Crippen LogP) is 2.99. The van der Waals surface area contributed by atoms with Crippen LogP contribution in [-0.4, -0.2) is 15.0 Å². The van der Waals surface area contributed by atoms with Gasteiger partial charge in [-0.15, -0.1) is 0 Å².